The van der Waals surface area contributed by atoms with Crippen LogP contribution in [0.15, 0.2) is 53.4 Å². The smallest absolute Gasteiger partial charge is 0.302 e. The van der Waals surface area contributed by atoms with Gasteiger partial charge < -0.3 is 5.32 Å². The molecule has 0 spiro atoms. The van der Waals surface area contributed by atoms with Crippen molar-refractivity contribution in [2.45, 2.75) is 23.9 Å². The van der Waals surface area contributed by atoms with Gasteiger partial charge >= 0.3 is 6.18 Å². The topological polar surface area (TPSA) is 79.4 Å². The van der Waals surface area contributed by atoms with Gasteiger partial charge in [-0.3, -0.25) is 4.79 Å². The van der Waals surface area contributed by atoms with Gasteiger partial charge in [-0.05, 0) is 37.1 Å². The maximum absolute atomic E-state index is 13.3. The quantitative estimate of drug-likeness (QED) is 0.616. The van der Waals surface area contributed by atoms with Crippen molar-refractivity contribution < 1.29 is 26.4 Å². The predicted octanol–water partition coefficient (Wildman–Crippen LogP) is 4.35. The number of para-hydroxylation sites is 1. The third-order valence-corrected chi connectivity index (χ3v) is 8.07. The second kappa shape index (κ2) is 8.21. The Balaban J connectivity index is 1.44. The van der Waals surface area contributed by atoms with E-state index in [0.29, 0.717) is 5.13 Å². The van der Waals surface area contributed by atoms with E-state index in [1.807, 2.05) is 24.3 Å². The number of alkyl halides is 3. The molecule has 11 heteroatoms. The zero-order valence-electron chi connectivity index (χ0n) is 16.1. The van der Waals surface area contributed by atoms with Gasteiger partial charge in [-0.2, -0.15) is 17.5 Å². The largest absolute Gasteiger partial charge is 0.417 e. The van der Waals surface area contributed by atoms with Crippen molar-refractivity contribution in [1.29, 1.82) is 0 Å². The zero-order chi connectivity index (χ0) is 22.2. The third kappa shape index (κ3) is 4.43. The molecule has 1 amide bonds. The molecule has 0 radical (unpaired) electrons. The fraction of sp³-hybridized carbons (Fsp3) is 0.300. The van der Waals surface area contributed by atoms with Crippen LogP contribution >= 0.6 is 11.3 Å². The highest BCUT2D eigenvalue weighted by molar-refractivity contribution is 7.89. The number of nitrogens with one attached hydrogen (secondary N) is 1. The Morgan fingerprint density at radius 3 is 2.39 bits per heavy atom. The number of fused-ring (bicyclic) bond motifs is 1. The SMILES string of the molecule is O=C(Nc1nc2ccccc2s1)C1CCN(S(=O)(=O)c2ccccc2C(F)(F)F)CC1. The van der Waals surface area contributed by atoms with E-state index in [1.165, 1.54) is 17.4 Å². The average molecular weight is 470 g/mol. The molecule has 1 saturated heterocycles. The van der Waals surface area contributed by atoms with Crippen LogP contribution in [-0.4, -0.2) is 36.7 Å². The molecule has 2 aromatic carbocycles. The fourth-order valence-electron chi connectivity index (χ4n) is 3.56. The van der Waals surface area contributed by atoms with Crippen molar-refractivity contribution in [2.75, 3.05) is 18.4 Å². The van der Waals surface area contributed by atoms with E-state index in [9.17, 15) is 26.4 Å². The van der Waals surface area contributed by atoms with Crippen LogP contribution in [0.4, 0.5) is 18.3 Å². The molecule has 0 atom stereocenters. The van der Waals surface area contributed by atoms with E-state index in [1.54, 1.807) is 0 Å². The summed E-state index contributed by atoms with van der Waals surface area (Å²) < 4.78 is 67.4. The molecular weight excluding hydrogens is 451 g/mol. The molecule has 0 aliphatic carbocycles. The summed E-state index contributed by atoms with van der Waals surface area (Å²) in [5.74, 6) is -0.719. The molecule has 0 unspecified atom stereocenters. The van der Waals surface area contributed by atoms with Crippen molar-refractivity contribution in [3.63, 3.8) is 0 Å². The number of aromatic nitrogens is 1. The molecule has 0 bridgehead atoms. The number of rotatable bonds is 4. The monoisotopic (exact) mass is 469 g/mol. The summed E-state index contributed by atoms with van der Waals surface area (Å²) in [7, 11) is -4.33. The summed E-state index contributed by atoms with van der Waals surface area (Å²) in [6.07, 6.45) is -4.35. The first-order chi connectivity index (χ1) is 14.7. The molecule has 3 aromatic rings. The average Bonchev–Trinajstić information content (AvgIpc) is 3.15. The van der Waals surface area contributed by atoms with Crippen molar-refractivity contribution in [1.82, 2.24) is 9.29 Å². The first-order valence-corrected chi connectivity index (χ1v) is 11.7. The van der Waals surface area contributed by atoms with Crippen molar-refractivity contribution in [2.24, 2.45) is 5.92 Å². The van der Waals surface area contributed by atoms with Crippen molar-refractivity contribution in [3.8, 4) is 0 Å². The van der Waals surface area contributed by atoms with Gasteiger partial charge in [-0.25, -0.2) is 13.4 Å². The van der Waals surface area contributed by atoms with Crippen LogP contribution in [0.1, 0.15) is 18.4 Å². The lowest BCUT2D eigenvalue weighted by Gasteiger charge is -2.31. The highest BCUT2D eigenvalue weighted by atomic mass is 32.2. The van der Waals surface area contributed by atoms with Crippen LogP contribution < -0.4 is 5.32 Å². The Morgan fingerprint density at radius 2 is 1.71 bits per heavy atom. The Hall–Kier alpha value is -2.50. The normalized spacial score (nSPS) is 16.5. The second-order valence-electron chi connectivity index (χ2n) is 7.15. The van der Waals surface area contributed by atoms with Gasteiger partial charge in [0, 0.05) is 19.0 Å². The number of carbonyl (C=O) groups excluding carboxylic acids is 1. The van der Waals surface area contributed by atoms with E-state index >= 15 is 0 Å². The number of hydrogen-bond donors (Lipinski definition) is 1. The third-order valence-electron chi connectivity index (χ3n) is 5.16. The van der Waals surface area contributed by atoms with Gasteiger partial charge in [0.1, 0.15) is 0 Å². The highest BCUT2D eigenvalue weighted by Gasteiger charge is 2.40. The molecule has 6 nitrogen and oxygen atoms in total. The summed E-state index contributed by atoms with van der Waals surface area (Å²) in [5.41, 5.74) is -0.419. The molecule has 1 aliphatic rings. The van der Waals surface area contributed by atoms with Crippen molar-refractivity contribution in [3.05, 3.63) is 54.1 Å². The number of amides is 1. The van der Waals surface area contributed by atoms with Gasteiger partial charge in [-0.15, -0.1) is 0 Å². The van der Waals surface area contributed by atoms with E-state index < -0.39 is 32.6 Å². The minimum atomic E-state index is -4.78. The number of carbonyl (C=O) groups is 1. The number of thiazole rings is 1. The number of halogens is 3. The molecular formula is C20H18F3N3O3S2. The summed E-state index contributed by atoms with van der Waals surface area (Å²) in [5, 5.41) is 3.23. The van der Waals surface area contributed by atoms with Crippen LogP contribution in [0.25, 0.3) is 10.2 Å². The van der Waals surface area contributed by atoms with E-state index in [4.69, 9.17) is 0 Å². The second-order valence-corrected chi connectivity index (χ2v) is 10.1. The Morgan fingerprint density at radius 1 is 1.06 bits per heavy atom. The van der Waals surface area contributed by atoms with E-state index in [-0.39, 0.29) is 31.8 Å². The van der Waals surface area contributed by atoms with Crippen LogP contribution in [0.5, 0.6) is 0 Å². The summed E-state index contributed by atoms with van der Waals surface area (Å²) in [4.78, 5) is 16.2. The lowest BCUT2D eigenvalue weighted by atomic mass is 9.97. The van der Waals surface area contributed by atoms with Gasteiger partial charge in [0.2, 0.25) is 15.9 Å². The Labute approximate surface area is 180 Å². The number of nitrogens with zero attached hydrogens (tertiary/aromatic N) is 2. The van der Waals surface area contributed by atoms with Gasteiger partial charge in [-0.1, -0.05) is 35.6 Å². The van der Waals surface area contributed by atoms with Crippen LogP contribution in [0, 0.1) is 5.92 Å². The molecule has 1 fully saturated rings. The van der Waals surface area contributed by atoms with Gasteiger partial charge in [0.25, 0.3) is 0 Å². The maximum atomic E-state index is 13.3. The Kier molecular flexibility index (Phi) is 5.75. The summed E-state index contributed by atoms with van der Waals surface area (Å²) in [6, 6.07) is 11.6. The summed E-state index contributed by atoms with van der Waals surface area (Å²) in [6.45, 7) is -0.0705. The van der Waals surface area contributed by atoms with Crippen molar-refractivity contribution >= 4 is 42.6 Å². The maximum Gasteiger partial charge on any atom is 0.417 e. The number of hydrogen-bond acceptors (Lipinski definition) is 5. The highest BCUT2D eigenvalue weighted by Crippen LogP contribution is 2.36. The first-order valence-electron chi connectivity index (χ1n) is 9.49. The molecule has 1 aliphatic heterocycles. The molecule has 1 N–H and O–H groups in total. The van der Waals surface area contributed by atoms with Crippen LogP contribution in [0.3, 0.4) is 0 Å². The first kappa shape index (κ1) is 21.7. The summed E-state index contributed by atoms with van der Waals surface area (Å²) >= 11 is 1.34. The molecule has 0 saturated carbocycles. The van der Waals surface area contributed by atoms with E-state index in [2.05, 4.69) is 10.3 Å². The Bertz CT molecular complexity index is 1180. The number of sulfonamides is 1. The minimum Gasteiger partial charge on any atom is -0.302 e. The molecule has 4 rings (SSSR count). The number of anilines is 1. The zero-order valence-corrected chi connectivity index (χ0v) is 17.7. The van der Waals surface area contributed by atoms with E-state index in [0.717, 1.165) is 32.7 Å². The molecule has 31 heavy (non-hydrogen) atoms. The van der Waals surface area contributed by atoms with Gasteiger partial charge in [0.05, 0.1) is 20.7 Å². The van der Waals surface area contributed by atoms with Gasteiger partial charge in [0.15, 0.2) is 5.13 Å². The standard InChI is InChI=1S/C20H18F3N3O3S2/c21-20(22,23)14-5-1-4-8-17(14)31(28,29)26-11-9-13(10-12-26)18(27)25-19-24-15-6-2-3-7-16(15)30-19/h1-8,13H,9-12H2,(H,24,25,27). The minimum absolute atomic E-state index is 0.0353. The lowest BCUT2D eigenvalue weighted by Crippen LogP contribution is -2.41. The fourth-order valence-corrected chi connectivity index (χ4v) is 6.11. The molecule has 164 valence electrons. The number of benzene rings is 2. The lowest BCUT2D eigenvalue weighted by molar-refractivity contribution is -0.139. The molecule has 2 heterocycles. The predicted molar refractivity (Wildman–Crippen MR) is 111 cm³/mol. The van der Waals surface area contributed by atoms with Crippen LogP contribution in [0.2, 0.25) is 0 Å². The molecule has 1 aromatic heterocycles. The number of piperidine rings is 1. The van der Waals surface area contributed by atoms with Crippen LogP contribution in [-0.2, 0) is 21.0 Å².